The first-order chi connectivity index (χ1) is 15.5. The number of amides is 1. The van der Waals surface area contributed by atoms with Crippen LogP contribution in [0.15, 0.2) is 82.3 Å². The molecule has 1 N–H and O–H groups in total. The first-order valence-electron chi connectivity index (χ1n) is 10.7. The Bertz CT molecular complexity index is 1120. The number of carbonyl (C=O) groups is 1. The number of nitrogens with zero attached hydrogens (tertiary/aromatic N) is 2. The third-order valence-corrected chi connectivity index (χ3v) is 7.60. The normalized spacial score (nSPS) is 15.4. The summed E-state index contributed by atoms with van der Waals surface area (Å²) in [4.78, 5) is 15.2. The summed E-state index contributed by atoms with van der Waals surface area (Å²) >= 11 is 0. The Morgan fingerprint density at radius 3 is 2.34 bits per heavy atom. The number of carbonyl (C=O) groups excluding carboxylic acids is 1. The topological polar surface area (TPSA) is 82.9 Å². The van der Waals surface area contributed by atoms with Gasteiger partial charge in [-0.3, -0.25) is 14.0 Å². The van der Waals surface area contributed by atoms with Gasteiger partial charge in [-0.15, -0.1) is 0 Å². The Balaban J connectivity index is 1.44. The largest absolute Gasteiger partial charge is 0.468 e. The molecule has 1 aromatic heterocycles. The van der Waals surface area contributed by atoms with E-state index in [0.29, 0.717) is 17.8 Å². The highest BCUT2D eigenvalue weighted by Gasteiger charge is 2.26. The van der Waals surface area contributed by atoms with Gasteiger partial charge >= 0.3 is 0 Å². The number of hydrogen-bond donors (Lipinski definition) is 1. The Kier molecular flexibility index (Phi) is 6.62. The molecule has 1 atom stereocenters. The van der Waals surface area contributed by atoms with Crippen molar-refractivity contribution < 1.29 is 17.6 Å². The van der Waals surface area contributed by atoms with Gasteiger partial charge in [0.25, 0.3) is 15.9 Å². The smallest absolute Gasteiger partial charge is 0.264 e. The van der Waals surface area contributed by atoms with Crippen LogP contribution in [0.3, 0.4) is 0 Å². The van der Waals surface area contributed by atoms with Crippen LogP contribution in [-0.2, 0) is 10.0 Å². The first-order valence-corrected chi connectivity index (χ1v) is 12.1. The molecule has 3 aromatic rings. The van der Waals surface area contributed by atoms with Crippen LogP contribution in [0.4, 0.5) is 5.69 Å². The highest BCUT2D eigenvalue weighted by molar-refractivity contribution is 7.92. The van der Waals surface area contributed by atoms with E-state index in [9.17, 15) is 13.2 Å². The van der Waals surface area contributed by atoms with E-state index in [4.69, 9.17) is 4.42 Å². The fraction of sp³-hybridized carbons (Fsp3) is 0.292. The van der Waals surface area contributed by atoms with Gasteiger partial charge in [0.15, 0.2) is 0 Å². The molecule has 0 spiro atoms. The lowest BCUT2D eigenvalue weighted by Crippen LogP contribution is -2.36. The van der Waals surface area contributed by atoms with Crippen LogP contribution in [0.5, 0.6) is 0 Å². The molecule has 0 radical (unpaired) electrons. The van der Waals surface area contributed by atoms with E-state index in [-0.39, 0.29) is 16.8 Å². The summed E-state index contributed by atoms with van der Waals surface area (Å²) in [7, 11) is -2.21. The van der Waals surface area contributed by atoms with E-state index in [0.717, 1.165) is 31.7 Å². The second-order valence-corrected chi connectivity index (χ2v) is 9.79. The van der Waals surface area contributed by atoms with E-state index in [1.807, 2.05) is 18.2 Å². The van der Waals surface area contributed by atoms with E-state index < -0.39 is 10.0 Å². The summed E-state index contributed by atoms with van der Waals surface area (Å²) in [5.74, 6) is 0.582. The lowest BCUT2D eigenvalue weighted by atomic mass is 10.1. The van der Waals surface area contributed by atoms with Crippen molar-refractivity contribution in [2.45, 2.75) is 23.8 Å². The highest BCUT2D eigenvalue weighted by atomic mass is 32.2. The molecular weight excluding hydrogens is 426 g/mol. The van der Waals surface area contributed by atoms with Gasteiger partial charge < -0.3 is 9.73 Å². The average molecular weight is 454 g/mol. The van der Waals surface area contributed by atoms with Gasteiger partial charge in [0.1, 0.15) is 5.76 Å². The number of benzene rings is 2. The van der Waals surface area contributed by atoms with E-state index in [2.05, 4.69) is 10.2 Å². The minimum Gasteiger partial charge on any atom is -0.468 e. The fourth-order valence-corrected chi connectivity index (χ4v) is 5.14. The maximum Gasteiger partial charge on any atom is 0.264 e. The van der Waals surface area contributed by atoms with Crippen LogP contribution >= 0.6 is 0 Å². The number of hydrogen-bond acceptors (Lipinski definition) is 5. The van der Waals surface area contributed by atoms with Crippen LogP contribution in [0.25, 0.3) is 0 Å². The van der Waals surface area contributed by atoms with Crippen molar-refractivity contribution >= 4 is 21.6 Å². The van der Waals surface area contributed by atoms with Gasteiger partial charge in [-0.2, -0.15) is 0 Å². The molecular formula is C24H27N3O4S. The van der Waals surface area contributed by atoms with Gasteiger partial charge in [-0.25, -0.2) is 8.42 Å². The average Bonchev–Trinajstić information content (AvgIpc) is 3.54. The number of furan rings is 1. The quantitative estimate of drug-likeness (QED) is 0.563. The van der Waals surface area contributed by atoms with Crippen LogP contribution in [0.2, 0.25) is 0 Å². The van der Waals surface area contributed by atoms with Gasteiger partial charge in [-0.05, 0) is 74.5 Å². The molecule has 4 rings (SSSR count). The van der Waals surface area contributed by atoms with Crippen molar-refractivity contribution in [3.05, 3.63) is 84.3 Å². The minimum absolute atomic E-state index is 0.0179. The van der Waals surface area contributed by atoms with Crippen molar-refractivity contribution in [2.24, 2.45) is 0 Å². The number of sulfonamides is 1. The molecule has 1 saturated heterocycles. The molecule has 0 bridgehead atoms. The van der Waals surface area contributed by atoms with Crippen LogP contribution in [0.1, 0.15) is 35.0 Å². The molecule has 1 aliphatic heterocycles. The van der Waals surface area contributed by atoms with Crippen LogP contribution in [-0.4, -0.2) is 45.9 Å². The molecule has 2 aromatic carbocycles. The second-order valence-electron chi connectivity index (χ2n) is 7.82. The van der Waals surface area contributed by atoms with Crippen molar-refractivity contribution in [1.29, 1.82) is 0 Å². The predicted molar refractivity (Wildman–Crippen MR) is 123 cm³/mol. The van der Waals surface area contributed by atoms with Crippen molar-refractivity contribution in [3.8, 4) is 0 Å². The molecule has 1 fully saturated rings. The number of rotatable bonds is 8. The first kappa shape index (κ1) is 22.1. The zero-order valence-electron chi connectivity index (χ0n) is 18.0. The molecule has 7 nitrogen and oxygen atoms in total. The third-order valence-electron chi connectivity index (χ3n) is 5.80. The van der Waals surface area contributed by atoms with Gasteiger partial charge in [0.2, 0.25) is 0 Å². The lowest BCUT2D eigenvalue weighted by molar-refractivity contribution is 0.0933. The maximum atomic E-state index is 12.9. The molecule has 0 unspecified atom stereocenters. The zero-order chi connectivity index (χ0) is 22.6. The summed E-state index contributed by atoms with van der Waals surface area (Å²) in [6.45, 7) is 2.37. The Morgan fingerprint density at radius 1 is 1.03 bits per heavy atom. The van der Waals surface area contributed by atoms with E-state index in [1.54, 1.807) is 42.7 Å². The Hall–Kier alpha value is -3.10. The van der Waals surface area contributed by atoms with Gasteiger partial charge in [0, 0.05) is 19.2 Å². The summed E-state index contributed by atoms with van der Waals surface area (Å²) in [5, 5.41) is 2.97. The Labute approximate surface area is 188 Å². The predicted octanol–water partition coefficient (Wildman–Crippen LogP) is 3.67. The van der Waals surface area contributed by atoms with Gasteiger partial charge in [-0.1, -0.05) is 18.2 Å². The molecule has 0 aliphatic carbocycles. The minimum atomic E-state index is -3.72. The van der Waals surface area contributed by atoms with Crippen molar-refractivity contribution in [3.63, 3.8) is 0 Å². The molecule has 1 amide bonds. The SMILES string of the molecule is CN(c1ccccc1)S(=O)(=O)c1ccc(C(=O)NC[C@H](c2ccco2)N2CCCC2)cc1. The summed E-state index contributed by atoms with van der Waals surface area (Å²) in [6, 6.07) is 18.6. The number of anilines is 1. The maximum absolute atomic E-state index is 12.9. The third kappa shape index (κ3) is 4.71. The summed E-state index contributed by atoms with van der Waals surface area (Å²) < 4.78 is 32.7. The highest BCUT2D eigenvalue weighted by Crippen LogP contribution is 2.25. The Morgan fingerprint density at radius 2 is 1.72 bits per heavy atom. The molecule has 1 aliphatic rings. The molecule has 2 heterocycles. The van der Waals surface area contributed by atoms with Crippen molar-refractivity contribution in [1.82, 2.24) is 10.2 Å². The van der Waals surface area contributed by atoms with Crippen LogP contribution < -0.4 is 9.62 Å². The lowest BCUT2D eigenvalue weighted by Gasteiger charge is -2.26. The molecule has 32 heavy (non-hydrogen) atoms. The monoisotopic (exact) mass is 453 g/mol. The second kappa shape index (κ2) is 9.58. The van der Waals surface area contributed by atoms with Crippen LogP contribution in [0, 0.1) is 0 Å². The van der Waals surface area contributed by atoms with Crippen molar-refractivity contribution in [2.75, 3.05) is 31.0 Å². The molecule has 168 valence electrons. The van der Waals surface area contributed by atoms with Gasteiger partial charge in [0.05, 0.1) is 22.9 Å². The number of likely N-dealkylation sites (tertiary alicyclic amines) is 1. The molecule has 0 saturated carbocycles. The summed E-state index contributed by atoms with van der Waals surface area (Å²) in [6.07, 6.45) is 3.92. The number of para-hydroxylation sites is 1. The fourth-order valence-electron chi connectivity index (χ4n) is 3.95. The van der Waals surface area contributed by atoms with E-state index >= 15 is 0 Å². The zero-order valence-corrected chi connectivity index (χ0v) is 18.8. The standard InChI is InChI=1S/C24H27N3O4S/c1-26(20-8-3-2-4-9-20)32(29,30)21-13-11-19(12-14-21)24(28)25-18-22(23-10-7-17-31-23)27-15-5-6-16-27/h2-4,7-14,17,22H,5-6,15-16,18H2,1H3,(H,25,28)/t22-/m1/s1. The van der Waals surface area contributed by atoms with E-state index in [1.165, 1.54) is 23.5 Å². The summed E-state index contributed by atoms with van der Waals surface area (Å²) in [5.41, 5.74) is 0.978. The molecule has 8 heteroatoms. The number of nitrogens with one attached hydrogen (secondary N) is 1.